The molecule has 4 rings (SSSR count). The van der Waals surface area contributed by atoms with Crippen LogP contribution in [-0.4, -0.2) is 39.3 Å². The minimum absolute atomic E-state index is 0.0425. The van der Waals surface area contributed by atoms with Gasteiger partial charge in [0.15, 0.2) is 28.7 Å². The number of phenolic OH excluding ortho intramolecular Hbond substituents is 1. The first-order valence-corrected chi connectivity index (χ1v) is 20.6. The minimum atomic E-state index is -1.07. The maximum Gasteiger partial charge on any atom is 0.320 e. The Kier molecular flexibility index (Phi) is 14.8. The van der Waals surface area contributed by atoms with Gasteiger partial charge in [-0.1, -0.05) is 0 Å². The molecule has 10 nitrogen and oxygen atoms in total. The van der Waals surface area contributed by atoms with Crippen LogP contribution in [-0.2, 0) is 22.4 Å². The van der Waals surface area contributed by atoms with E-state index >= 15 is 0 Å². The Morgan fingerprint density at radius 2 is 0.872 bits per heavy atom. The van der Waals surface area contributed by atoms with Crippen LogP contribution in [0.5, 0.6) is 40.2 Å². The molecule has 0 spiro atoms. The summed E-state index contributed by atoms with van der Waals surface area (Å²) in [6.45, 7) is 0. The van der Waals surface area contributed by atoms with Gasteiger partial charge in [-0.2, -0.15) is 0 Å². The number of ether oxygens (including phenoxy) is 3. The summed E-state index contributed by atoms with van der Waals surface area (Å²) < 4.78 is 23.9. The second-order valence-electron chi connectivity index (χ2n) is 9.85. The smallest absolute Gasteiger partial charge is 0.320 e. The highest BCUT2D eigenvalue weighted by Gasteiger charge is 2.21. The van der Waals surface area contributed by atoms with E-state index in [9.17, 15) is 19.8 Å². The first kappa shape index (κ1) is 39.8. The summed E-state index contributed by atoms with van der Waals surface area (Å²) in [5.41, 5.74) is 13.0. The van der Waals surface area contributed by atoms with Gasteiger partial charge < -0.3 is 41.0 Å². The Labute approximate surface area is 364 Å². The maximum atomic E-state index is 11.2. The quantitative estimate of drug-likeness (QED) is 0.0863. The fraction of sp³-hybridized carbons (Fsp3) is 0.133. The summed E-state index contributed by atoms with van der Waals surface area (Å²) in [4.78, 5) is 22.4. The second-order valence-corrected chi connectivity index (χ2v) is 18.0. The molecule has 0 aliphatic rings. The average Bonchev–Trinajstić information content (AvgIpc) is 2.96. The number of phenols is 1. The van der Waals surface area contributed by atoms with E-state index in [1.807, 2.05) is 59.0 Å². The minimum Gasteiger partial charge on any atom is -0.504 e. The van der Waals surface area contributed by atoms with E-state index in [0.717, 1.165) is 32.5 Å². The van der Waals surface area contributed by atoms with Crippen molar-refractivity contribution in [2.45, 2.75) is 24.9 Å². The van der Waals surface area contributed by atoms with Crippen LogP contribution in [0.1, 0.15) is 11.1 Å². The van der Waals surface area contributed by atoms with Gasteiger partial charge >= 0.3 is 11.9 Å². The molecule has 0 saturated heterocycles. The van der Waals surface area contributed by atoms with Crippen molar-refractivity contribution in [3.8, 4) is 40.2 Å². The summed E-state index contributed by atoms with van der Waals surface area (Å²) in [5, 5.41) is 29.2. The molecular formula is C30H21I7N2O8. The van der Waals surface area contributed by atoms with Crippen LogP contribution in [0.25, 0.3) is 0 Å². The average molecular weight is 1430 g/mol. The van der Waals surface area contributed by atoms with Gasteiger partial charge in [0.2, 0.25) is 0 Å². The van der Waals surface area contributed by atoms with E-state index in [1.54, 1.807) is 12.1 Å². The van der Waals surface area contributed by atoms with Crippen LogP contribution < -0.4 is 25.7 Å². The molecule has 0 saturated carbocycles. The number of aromatic hydroxyl groups is 1. The van der Waals surface area contributed by atoms with Gasteiger partial charge in [-0.25, -0.2) is 0 Å². The van der Waals surface area contributed by atoms with Crippen molar-refractivity contribution in [2.75, 3.05) is 0 Å². The summed E-state index contributed by atoms with van der Waals surface area (Å²) in [7, 11) is 0. The number of halogens is 7. The predicted octanol–water partition coefficient (Wildman–Crippen LogP) is 8.91. The Balaban J connectivity index is 1.57. The van der Waals surface area contributed by atoms with Gasteiger partial charge in [0.05, 0.1) is 25.0 Å². The molecule has 0 heterocycles. The molecular weight excluding hydrogens is 1400 g/mol. The standard InChI is InChI=1S/C30H21I7N2O8/c31-15-7-14(46-27-18(34)3-12(4-19(27)35)6-23(39)30(43)44)10-24(25(15)40)47-28-20(36)8-13(9-21(28)37)45-26-16(32)1-11(2-17(26)33)5-22(38)29(41)42/h1-4,7-10,22-23,40H,5-6,38-39H2,(H,41,42)(H,43,44)/t22-,23-/m0/s1. The number of rotatable bonds is 12. The predicted molar refractivity (Wildman–Crippen MR) is 235 cm³/mol. The number of hydrogen-bond acceptors (Lipinski definition) is 8. The Morgan fingerprint density at radius 3 is 1.26 bits per heavy atom. The molecule has 0 aromatic heterocycles. The van der Waals surface area contributed by atoms with E-state index < -0.39 is 24.0 Å². The van der Waals surface area contributed by atoms with E-state index in [-0.39, 0.29) is 24.3 Å². The van der Waals surface area contributed by atoms with E-state index in [0.29, 0.717) is 32.3 Å². The zero-order valence-electron chi connectivity index (χ0n) is 23.4. The molecule has 2 atom stereocenters. The van der Waals surface area contributed by atoms with E-state index in [2.05, 4.69) is 136 Å². The summed E-state index contributed by atoms with van der Waals surface area (Å²) >= 11 is 14.9. The maximum absolute atomic E-state index is 11.2. The molecule has 0 bridgehead atoms. The van der Waals surface area contributed by atoms with Crippen molar-refractivity contribution >= 4 is 170 Å². The Hall–Kier alpha value is 0.0500. The van der Waals surface area contributed by atoms with Crippen LogP contribution in [0.4, 0.5) is 0 Å². The first-order valence-electron chi connectivity index (χ1n) is 13.0. The molecule has 0 amide bonds. The van der Waals surface area contributed by atoms with Crippen molar-refractivity contribution in [1.29, 1.82) is 0 Å². The van der Waals surface area contributed by atoms with Crippen LogP contribution in [0.2, 0.25) is 0 Å². The molecule has 0 fully saturated rings. The summed E-state index contributed by atoms with van der Waals surface area (Å²) in [6, 6.07) is 12.3. The number of hydrogen-bond donors (Lipinski definition) is 5. The third kappa shape index (κ3) is 10.5. The molecule has 7 N–H and O–H groups in total. The highest BCUT2D eigenvalue weighted by atomic mass is 127. The first-order chi connectivity index (χ1) is 22.0. The lowest BCUT2D eigenvalue weighted by Crippen LogP contribution is -2.32. The SMILES string of the molecule is N[C@@H](Cc1cc(I)c(Oc2cc(I)c(Oc3cc(Oc4c(I)cc(C[C@H](N)C(=O)O)cc4I)cc(I)c3O)c(I)c2)c(I)c1)C(=O)O. The molecule has 17 heteroatoms. The third-order valence-corrected chi connectivity index (χ3v) is 11.9. The zero-order chi connectivity index (χ0) is 34.7. The number of benzene rings is 4. The van der Waals surface area contributed by atoms with Crippen molar-refractivity contribution in [3.63, 3.8) is 0 Å². The molecule has 0 radical (unpaired) electrons. The fourth-order valence-electron chi connectivity index (χ4n) is 4.06. The number of nitrogens with two attached hydrogens (primary N) is 2. The molecule has 4 aromatic carbocycles. The lowest BCUT2D eigenvalue weighted by Gasteiger charge is -2.17. The van der Waals surface area contributed by atoms with Crippen LogP contribution >= 0.6 is 158 Å². The largest absolute Gasteiger partial charge is 0.504 e. The molecule has 248 valence electrons. The lowest BCUT2D eigenvalue weighted by atomic mass is 10.1. The normalized spacial score (nSPS) is 12.4. The molecule has 0 unspecified atom stereocenters. The monoisotopic (exact) mass is 1430 g/mol. The van der Waals surface area contributed by atoms with E-state index in [4.69, 9.17) is 30.8 Å². The van der Waals surface area contributed by atoms with Gasteiger partial charge in [-0.15, -0.1) is 0 Å². The molecule has 0 aliphatic carbocycles. The van der Waals surface area contributed by atoms with Gasteiger partial charge in [-0.05, 0) is 225 Å². The van der Waals surface area contributed by atoms with Crippen molar-refractivity contribution in [3.05, 3.63) is 84.6 Å². The third-order valence-electron chi connectivity index (χ3n) is 6.29. The van der Waals surface area contributed by atoms with Crippen molar-refractivity contribution < 1.29 is 39.1 Å². The summed E-state index contributed by atoms with van der Waals surface area (Å²) in [5.74, 6) is 0.790. The summed E-state index contributed by atoms with van der Waals surface area (Å²) in [6.07, 6.45) is 0.391. The van der Waals surface area contributed by atoms with Gasteiger partial charge in [0.1, 0.15) is 23.6 Å². The van der Waals surface area contributed by atoms with Crippen LogP contribution in [0, 0.1) is 25.0 Å². The number of aliphatic carboxylic acids is 2. The molecule has 47 heavy (non-hydrogen) atoms. The Bertz CT molecular complexity index is 1810. The lowest BCUT2D eigenvalue weighted by molar-refractivity contribution is -0.139. The number of carboxylic acid groups (broad SMARTS) is 2. The van der Waals surface area contributed by atoms with Gasteiger partial charge in [0.25, 0.3) is 0 Å². The zero-order valence-corrected chi connectivity index (χ0v) is 38.5. The fourth-order valence-corrected chi connectivity index (χ4v) is 10.8. The number of carbonyl (C=O) groups is 2. The Morgan fingerprint density at radius 1 is 0.553 bits per heavy atom. The van der Waals surface area contributed by atoms with E-state index in [1.165, 1.54) is 0 Å². The highest BCUT2D eigenvalue weighted by molar-refractivity contribution is 14.1. The van der Waals surface area contributed by atoms with Crippen LogP contribution in [0.3, 0.4) is 0 Å². The number of carboxylic acids is 2. The highest BCUT2D eigenvalue weighted by Crippen LogP contribution is 2.44. The molecule has 4 aromatic rings. The van der Waals surface area contributed by atoms with Gasteiger partial charge in [-0.3, -0.25) is 9.59 Å². The molecule has 0 aliphatic heterocycles. The van der Waals surface area contributed by atoms with Gasteiger partial charge in [0, 0.05) is 6.07 Å². The van der Waals surface area contributed by atoms with Crippen LogP contribution in [0.15, 0.2) is 48.5 Å². The van der Waals surface area contributed by atoms with Crippen molar-refractivity contribution in [1.82, 2.24) is 0 Å². The van der Waals surface area contributed by atoms with Crippen molar-refractivity contribution in [2.24, 2.45) is 11.5 Å². The topological polar surface area (TPSA) is 175 Å². The second kappa shape index (κ2) is 17.5.